The molecular formula is C28H42O6S2Si3. The SMILES string of the molecule is CS(=O)(=O)[O-].C[Si](C)(C)Oc1cccc([S+](c2cccc(O[Si](C)(C)C)c2)c2cccc(O[Si](C)(C)C)c2)c1. The molecule has 0 spiro atoms. The van der Waals surface area contributed by atoms with Gasteiger partial charge in [-0.25, -0.2) is 8.42 Å². The molecule has 0 saturated carbocycles. The molecule has 3 aromatic carbocycles. The molecule has 0 unspecified atom stereocenters. The van der Waals surface area contributed by atoms with Gasteiger partial charge in [-0.2, -0.15) is 0 Å². The first-order valence-electron chi connectivity index (χ1n) is 12.7. The summed E-state index contributed by atoms with van der Waals surface area (Å²) in [6, 6.07) is 25.8. The molecule has 0 aliphatic heterocycles. The van der Waals surface area contributed by atoms with E-state index in [4.69, 9.17) is 26.2 Å². The van der Waals surface area contributed by atoms with E-state index in [2.05, 4.69) is 132 Å². The maximum absolute atomic E-state index is 9.08. The van der Waals surface area contributed by atoms with Crippen LogP contribution in [-0.4, -0.2) is 44.2 Å². The van der Waals surface area contributed by atoms with Crippen molar-refractivity contribution in [2.45, 2.75) is 73.6 Å². The van der Waals surface area contributed by atoms with Gasteiger partial charge in [0.25, 0.3) is 0 Å². The molecule has 0 heterocycles. The van der Waals surface area contributed by atoms with E-state index in [1.54, 1.807) is 0 Å². The van der Waals surface area contributed by atoms with Crippen LogP contribution in [0.1, 0.15) is 0 Å². The summed E-state index contributed by atoms with van der Waals surface area (Å²) < 4.78 is 46.3. The fraction of sp³-hybridized carbons (Fsp3) is 0.357. The third-order valence-corrected chi connectivity index (χ3v) is 9.12. The Balaban J connectivity index is 0.000000976. The van der Waals surface area contributed by atoms with Crippen molar-refractivity contribution >= 4 is 46.0 Å². The predicted molar refractivity (Wildman–Crippen MR) is 169 cm³/mol. The Bertz CT molecular complexity index is 1190. The summed E-state index contributed by atoms with van der Waals surface area (Å²) in [5.41, 5.74) is 0. The molecule has 0 saturated heterocycles. The molecule has 0 atom stereocenters. The molecule has 0 aliphatic carbocycles. The van der Waals surface area contributed by atoms with Crippen molar-refractivity contribution in [1.29, 1.82) is 0 Å². The van der Waals surface area contributed by atoms with E-state index in [0.717, 1.165) is 17.2 Å². The highest BCUT2D eigenvalue weighted by atomic mass is 32.2. The Labute approximate surface area is 241 Å². The summed E-state index contributed by atoms with van der Waals surface area (Å²) in [7, 11) is -9.38. The fourth-order valence-electron chi connectivity index (χ4n) is 3.46. The van der Waals surface area contributed by atoms with E-state index in [9.17, 15) is 0 Å². The topological polar surface area (TPSA) is 84.9 Å². The second-order valence-electron chi connectivity index (χ2n) is 12.1. The molecular weight excluding hydrogens is 581 g/mol. The van der Waals surface area contributed by atoms with Crippen molar-refractivity contribution in [3.05, 3.63) is 72.8 Å². The van der Waals surface area contributed by atoms with Gasteiger partial charge >= 0.3 is 0 Å². The lowest BCUT2D eigenvalue weighted by Crippen LogP contribution is -2.29. The molecule has 0 fully saturated rings. The molecule has 0 aliphatic rings. The molecule has 0 radical (unpaired) electrons. The largest absolute Gasteiger partial charge is 0.748 e. The van der Waals surface area contributed by atoms with Crippen molar-refractivity contribution in [3.63, 3.8) is 0 Å². The zero-order chi connectivity index (χ0) is 29.6. The van der Waals surface area contributed by atoms with Gasteiger partial charge in [-0.05, 0) is 95.3 Å². The molecule has 6 nitrogen and oxygen atoms in total. The maximum atomic E-state index is 9.08. The van der Waals surface area contributed by atoms with Crippen LogP contribution in [0.2, 0.25) is 58.9 Å². The van der Waals surface area contributed by atoms with E-state index >= 15 is 0 Å². The third kappa shape index (κ3) is 13.7. The van der Waals surface area contributed by atoms with Gasteiger partial charge in [0, 0.05) is 24.5 Å². The lowest BCUT2D eigenvalue weighted by Gasteiger charge is -2.21. The van der Waals surface area contributed by atoms with Crippen molar-refractivity contribution < 1.29 is 26.2 Å². The van der Waals surface area contributed by atoms with Crippen LogP contribution < -0.4 is 13.3 Å². The molecule has 11 heteroatoms. The first-order chi connectivity index (χ1) is 17.7. The summed E-state index contributed by atoms with van der Waals surface area (Å²) in [5, 5.41) is 0. The molecule has 0 bridgehead atoms. The van der Waals surface area contributed by atoms with E-state index in [-0.39, 0.29) is 10.9 Å². The zero-order valence-electron chi connectivity index (χ0n) is 24.7. The molecule has 3 aromatic rings. The Kier molecular flexibility index (Phi) is 11.1. The van der Waals surface area contributed by atoms with Crippen molar-refractivity contribution in [1.82, 2.24) is 0 Å². The predicted octanol–water partition coefficient (Wildman–Crippen LogP) is 7.58. The molecule has 39 heavy (non-hydrogen) atoms. The lowest BCUT2D eigenvalue weighted by molar-refractivity contribution is 0.470. The standard InChI is InChI=1S/C27H39O3SSi3.CH4O3S/c1-32(2,3)28-22-13-10-16-25(19-22)31(26-17-11-14-23(20-26)29-33(4,5)6)27-18-12-15-24(21-27)30-34(7,8)9;1-5(2,3)4/h10-21H,1-9H3;1H3,(H,2,3,4)/q+1;/p-1. The number of hydrogen-bond donors (Lipinski definition) is 0. The Hall–Kier alpha value is -2.03. The second-order valence-corrected chi connectivity index (χ2v) is 28.8. The van der Waals surface area contributed by atoms with Crippen LogP contribution in [0.4, 0.5) is 0 Å². The average Bonchev–Trinajstić information content (AvgIpc) is 2.70. The quantitative estimate of drug-likeness (QED) is 0.139. The first kappa shape index (κ1) is 33.2. The summed E-state index contributed by atoms with van der Waals surface area (Å²) in [6.45, 7) is 19.9. The van der Waals surface area contributed by atoms with Crippen molar-refractivity contribution in [3.8, 4) is 17.2 Å². The van der Waals surface area contributed by atoms with Crippen LogP contribution in [0.25, 0.3) is 0 Å². The van der Waals surface area contributed by atoms with Crippen LogP contribution in [0, 0.1) is 0 Å². The minimum Gasteiger partial charge on any atom is -0.748 e. The normalized spacial score (nSPS) is 12.4. The molecule has 0 amide bonds. The zero-order valence-corrected chi connectivity index (χ0v) is 29.3. The van der Waals surface area contributed by atoms with E-state index in [1.807, 2.05) is 0 Å². The first-order valence-corrected chi connectivity index (χ1v) is 26.0. The van der Waals surface area contributed by atoms with Crippen LogP contribution in [0.15, 0.2) is 87.5 Å². The van der Waals surface area contributed by atoms with Gasteiger partial charge in [0.2, 0.25) is 25.0 Å². The monoisotopic (exact) mass is 622 g/mol. The number of benzene rings is 3. The molecule has 3 rings (SSSR count). The van der Waals surface area contributed by atoms with Crippen LogP contribution in [0.3, 0.4) is 0 Å². The molecule has 0 aromatic heterocycles. The maximum Gasteiger partial charge on any atom is 0.242 e. The average molecular weight is 623 g/mol. The Morgan fingerprint density at radius 1 is 0.564 bits per heavy atom. The highest BCUT2D eigenvalue weighted by molar-refractivity contribution is 7.97. The Morgan fingerprint density at radius 3 is 1.00 bits per heavy atom. The van der Waals surface area contributed by atoms with Gasteiger partial charge in [0.1, 0.15) is 17.2 Å². The van der Waals surface area contributed by atoms with Crippen molar-refractivity contribution in [2.24, 2.45) is 0 Å². The van der Waals surface area contributed by atoms with Gasteiger partial charge in [0.15, 0.2) is 14.7 Å². The van der Waals surface area contributed by atoms with Gasteiger partial charge in [-0.3, -0.25) is 0 Å². The fourth-order valence-corrected chi connectivity index (χ4v) is 8.13. The minimum absolute atomic E-state index is 0.324. The second kappa shape index (κ2) is 13.1. The van der Waals surface area contributed by atoms with E-state index in [0.29, 0.717) is 6.26 Å². The summed E-state index contributed by atoms with van der Waals surface area (Å²) >= 11 is 0. The number of hydrogen-bond acceptors (Lipinski definition) is 6. The molecule has 0 N–H and O–H groups in total. The van der Waals surface area contributed by atoms with Crippen LogP contribution in [-0.2, 0) is 21.0 Å². The van der Waals surface area contributed by atoms with Crippen LogP contribution in [0.5, 0.6) is 17.2 Å². The van der Waals surface area contributed by atoms with Crippen LogP contribution >= 0.6 is 0 Å². The highest BCUT2D eigenvalue weighted by Gasteiger charge is 2.31. The van der Waals surface area contributed by atoms with Gasteiger partial charge in [0.05, 0.1) is 21.0 Å². The highest BCUT2D eigenvalue weighted by Crippen LogP contribution is 2.36. The Morgan fingerprint density at radius 2 is 0.795 bits per heavy atom. The van der Waals surface area contributed by atoms with E-state index in [1.165, 1.54) is 14.7 Å². The van der Waals surface area contributed by atoms with Crippen molar-refractivity contribution in [2.75, 3.05) is 6.26 Å². The van der Waals surface area contributed by atoms with E-state index < -0.39 is 35.1 Å². The third-order valence-electron chi connectivity index (χ3n) is 4.40. The minimum atomic E-state index is -3.92. The van der Waals surface area contributed by atoms with Gasteiger partial charge in [-0.1, -0.05) is 18.2 Å². The lowest BCUT2D eigenvalue weighted by atomic mass is 10.3. The van der Waals surface area contributed by atoms with Gasteiger partial charge < -0.3 is 17.8 Å². The van der Waals surface area contributed by atoms with Gasteiger partial charge in [-0.15, -0.1) is 0 Å². The summed E-state index contributed by atoms with van der Waals surface area (Å²) in [4.78, 5) is 3.68. The molecule has 214 valence electrons. The smallest absolute Gasteiger partial charge is 0.242 e. The summed E-state index contributed by atoms with van der Waals surface area (Å²) in [5.74, 6) is 2.83. The summed E-state index contributed by atoms with van der Waals surface area (Å²) in [6.07, 6.45) is 0.604. The number of rotatable bonds is 9.